The summed E-state index contributed by atoms with van der Waals surface area (Å²) in [5.74, 6) is -2.28. The maximum Gasteiger partial charge on any atom is 0.455 e. The van der Waals surface area contributed by atoms with Crippen molar-refractivity contribution in [3.05, 3.63) is 92.6 Å². The Kier molecular flexibility index (Phi) is 6.88. The molecule has 0 spiro atoms. The summed E-state index contributed by atoms with van der Waals surface area (Å²) in [6, 6.07) is 20.1. The summed E-state index contributed by atoms with van der Waals surface area (Å²) in [5, 5.41) is 0.653. The summed E-state index contributed by atoms with van der Waals surface area (Å²) in [4.78, 5) is 27.8. The van der Waals surface area contributed by atoms with Crippen LogP contribution in [0, 0.1) is 0 Å². The van der Waals surface area contributed by atoms with E-state index >= 15 is 0 Å². The third-order valence-corrected chi connectivity index (χ3v) is 6.89. The standard InChI is InChI=1S/C24H20ClF3N2O2S/c25-18-8-6-17(7-9-18)21(16-4-2-1-3-5-16)29-12-14-30(15-13-29)23(32)20-11-10-19(33-20)22(31)24(26,27)28/h1-11,21H,12-15H2. The zero-order valence-electron chi connectivity index (χ0n) is 17.4. The molecule has 33 heavy (non-hydrogen) atoms. The van der Waals surface area contributed by atoms with Crippen molar-refractivity contribution >= 4 is 34.6 Å². The minimum atomic E-state index is -4.95. The Bertz CT molecular complexity index is 1120. The highest BCUT2D eigenvalue weighted by molar-refractivity contribution is 7.16. The van der Waals surface area contributed by atoms with E-state index in [1.165, 1.54) is 6.07 Å². The molecule has 2 aromatic carbocycles. The van der Waals surface area contributed by atoms with Crippen molar-refractivity contribution in [1.29, 1.82) is 0 Å². The fourth-order valence-corrected chi connectivity index (χ4v) is 5.01. The number of Topliss-reactive ketones (excluding diaryl/α,β-unsaturated/α-hetero) is 1. The lowest BCUT2D eigenvalue weighted by Crippen LogP contribution is -2.49. The average Bonchev–Trinajstić information content (AvgIpc) is 3.30. The van der Waals surface area contributed by atoms with Gasteiger partial charge in [0.2, 0.25) is 0 Å². The van der Waals surface area contributed by atoms with Gasteiger partial charge in [0.15, 0.2) is 0 Å². The number of amides is 1. The smallest absolute Gasteiger partial charge is 0.335 e. The molecule has 0 N–H and O–H groups in total. The molecule has 4 rings (SSSR count). The fourth-order valence-electron chi connectivity index (χ4n) is 3.95. The maximum atomic E-state index is 12.8. The first-order valence-electron chi connectivity index (χ1n) is 10.3. The van der Waals surface area contributed by atoms with Gasteiger partial charge in [-0.3, -0.25) is 14.5 Å². The lowest BCUT2D eigenvalue weighted by molar-refractivity contribution is -0.0882. The number of alkyl halides is 3. The van der Waals surface area contributed by atoms with Crippen molar-refractivity contribution in [2.24, 2.45) is 0 Å². The summed E-state index contributed by atoms with van der Waals surface area (Å²) in [5.41, 5.74) is 2.20. The number of hydrogen-bond acceptors (Lipinski definition) is 4. The molecule has 1 saturated heterocycles. The predicted molar refractivity (Wildman–Crippen MR) is 122 cm³/mol. The van der Waals surface area contributed by atoms with Gasteiger partial charge in [-0.1, -0.05) is 54.1 Å². The van der Waals surface area contributed by atoms with Gasteiger partial charge in [0, 0.05) is 31.2 Å². The highest BCUT2D eigenvalue weighted by Gasteiger charge is 2.40. The monoisotopic (exact) mass is 492 g/mol. The van der Waals surface area contributed by atoms with E-state index in [9.17, 15) is 22.8 Å². The van der Waals surface area contributed by atoms with E-state index in [2.05, 4.69) is 17.0 Å². The minimum absolute atomic E-state index is 0.0153. The van der Waals surface area contributed by atoms with Crippen molar-refractivity contribution in [2.75, 3.05) is 26.2 Å². The van der Waals surface area contributed by atoms with Crippen LogP contribution in [0.15, 0.2) is 66.7 Å². The average molecular weight is 493 g/mol. The summed E-state index contributed by atoms with van der Waals surface area (Å²) in [6.07, 6.45) is -4.95. The van der Waals surface area contributed by atoms with Crippen molar-refractivity contribution < 1.29 is 22.8 Å². The summed E-state index contributed by atoms with van der Waals surface area (Å²) in [6.45, 7) is 2.04. The zero-order chi connectivity index (χ0) is 23.6. The van der Waals surface area contributed by atoms with E-state index in [1.54, 1.807) is 4.90 Å². The quantitative estimate of drug-likeness (QED) is 0.429. The molecule has 1 aromatic heterocycles. The van der Waals surface area contributed by atoms with Crippen molar-refractivity contribution in [1.82, 2.24) is 9.80 Å². The lowest BCUT2D eigenvalue weighted by atomic mass is 9.96. The summed E-state index contributed by atoms with van der Waals surface area (Å²) in [7, 11) is 0. The van der Waals surface area contributed by atoms with Gasteiger partial charge in [-0.25, -0.2) is 0 Å². The van der Waals surface area contributed by atoms with Gasteiger partial charge < -0.3 is 4.90 Å². The normalized spacial score (nSPS) is 15.9. The number of ketones is 1. The molecule has 0 bridgehead atoms. The first-order chi connectivity index (χ1) is 15.7. The molecule has 1 aliphatic rings. The van der Waals surface area contributed by atoms with Crippen LogP contribution in [0.4, 0.5) is 13.2 Å². The second-order valence-electron chi connectivity index (χ2n) is 7.68. The highest BCUT2D eigenvalue weighted by Crippen LogP contribution is 2.31. The van der Waals surface area contributed by atoms with Gasteiger partial charge in [-0.15, -0.1) is 11.3 Å². The Morgan fingerprint density at radius 2 is 1.39 bits per heavy atom. The van der Waals surface area contributed by atoms with E-state index in [0.717, 1.165) is 17.2 Å². The van der Waals surface area contributed by atoms with Gasteiger partial charge in [-0.2, -0.15) is 13.2 Å². The Labute approximate surface area is 198 Å². The number of nitrogens with zero attached hydrogens (tertiary/aromatic N) is 2. The molecular formula is C24H20ClF3N2O2S. The van der Waals surface area contributed by atoms with E-state index in [-0.39, 0.29) is 16.8 Å². The molecule has 9 heteroatoms. The molecule has 1 fully saturated rings. The maximum absolute atomic E-state index is 12.8. The molecule has 0 aliphatic carbocycles. The first kappa shape index (κ1) is 23.5. The number of benzene rings is 2. The second-order valence-corrected chi connectivity index (χ2v) is 9.20. The van der Waals surface area contributed by atoms with Crippen LogP contribution in [0.3, 0.4) is 0 Å². The Hall–Kier alpha value is -2.68. The topological polar surface area (TPSA) is 40.6 Å². The van der Waals surface area contributed by atoms with Gasteiger partial charge in [0.1, 0.15) is 0 Å². The molecule has 1 unspecified atom stereocenters. The van der Waals surface area contributed by atoms with Crippen LogP contribution in [0.5, 0.6) is 0 Å². The third kappa shape index (κ3) is 5.29. The van der Waals surface area contributed by atoms with Gasteiger partial charge in [0.05, 0.1) is 15.8 Å². The number of carbonyl (C=O) groups excluding carboxylic acids is 2. The minimum Gasteiger partial charge on any atom is -0.335 e. The predicted octanol–water partition coefficient (Wildman–Crippen LogP) is 5.69. The molecular weight excluding hydrogens is 473 g/mol. The number of piperazine rings is 1. The zero-order valence-corrected chi connectivity index (χ0v) is 19.0. The molecule has 1 aliphatic heterocycles. The Morgan fingerprint density at radius 1 is 0.818 bits per heavy atom. The largest absolute Gasteiger partial charge is 0.455 e. The molecule has 3 aromatic rings. The molecule has 172 valence electrons. The van der Waals surface area contributed by atoms with E-state index in [4.69, 9.17) is 11.6 Å². The van der Waals surface area contributed by atoms with Crippen molar-refractivity contribution in [3.63, 3.8) is 0 Å². The summed E-state index contributed by atoms with van der Waals surface area (Å²) < 4.78 is 38.0. The number of halogens is 4. The summed E-state index contributed by atoms with van der Waals surface area (Å²) >= 11 is 6.65. The molecule has 4 nitrogen and oxygen atoms in total. The van der Waals surface area contributed by atoms with Crippen LogP contribution in [0.1, 0.15) is 36.5 Å². The molecule has 1 amide bonds. The highest BCUT2D eigenvalue weighted by atomic mass is 35.5. The van der Waals surface area contributed by atoms with Gasteiger partial charge >= 0.3 is 6.18 Å². The molecule has 0 saturated carbocycles. The fraction of sp³-hybridized carbons (Fsp3) is 0.250. The van der Waals surface area contributed by atoms with Gasteiger partial charge in [-0.05, 0) is 35.4 Å². The molecule has 0 radical (unpaired) electrons. The Balaban J connectivity index is 1.48. The van der Waals surface area contributed by atoms with Crippen LogP contribution in [-0.4, -0.2) is 53.8 Å². The van der Waals surface area contributed by atoms with E-state index < -0.39 is 16.8 Å². The number of thiophene rings is 1. The van der Waals surface area contributed by atoms with Gasteiger partial charge in [0.25, 0.3) is 11.7 Å². The van der Waals surface area contributed by atoms with Crippen molar-refractivity contribution in [2.45, 2.75) is 12.2 Å². The lowest BCUT2D eigenvalue weighted by Gasteiger charge is -2.39. The SMILES string of the molecule is O=C(c1ccc(C(=O)C(F)(F)F)s1)N1CCN(C(c2ccccc2)c2ccc(Cl)cc2)CC1. The molecule has 2 heterocycles. The van der Waals surface area contributed by atoms with E-state index in [0.29, 0.717) is 42.5 Å². The number of rotatable bonds is 5. The third-order valence-electron chi connectivity index (χ3n) is 5.57. The van der Waals surface area contributed by atoms with E-state index in [1.807, 2.05) is 42.5 Å². The van der Waals surface area contributed by atoms with Crippen molar-refractivity contribution in [3.8, 4) is 0 Å². The first-order valence-corrected chi connectivity index (χ1v) is 11.5. The van der Waals surface area contributed by atoms with Crippen LogP contribution in [-0.2, 0) is 0 Å². The second kappa shape index (κ2) is 9.67. The number of carbonyl (C=O) groups is 2. The number of hydrogen-bond donors (Lipinski definition) is 0. The van der Waals surface area contributed by atoms with Crippen LogP contribution < -0.4 is 0 Å². The van der Waals surface area contributed by atoms with Crippen LogP contribution in [0.25, 0.3) is 0 Å². The molecule has 1 atom stereocenters. The van der Waals surface area contributed by atoms with Crippen LogP contribution in [0.2, 0.25) is 5.02 Å². The Morgan fingerprint density at radius 3 is 2.00 bits per heavy atom. The van der Waals surface area contributed by atoms with Crippen LogP contribution >= 0.6 is 22.9 Å².